The van der Waals surface area contributed by atoms with E-state index in [9.17, 15) is 0 Å². The standard InChI is InChI=1S/C14H19/c1-2-4-6-8-10-12-14-13-11-9-7-5-3-1/h1-4,9-13H,5-8,14H2/b3-1+,4-2+,12-10+,13-11+. The molecule has 0 bridgehead atoms. The van der Waals surface area contributed by atoms with Crippen LogP contribution in [-0.4, -0.2) is 0 Å². The van der Waals surface area contributed by atoms with E-state index in [2.05, 4.69) is 55.0 Å². The van der Waals surface area contributed by atoms with Crippen LogP contribution in [0.15, 0.2) is 48.6 Å². The lowest BCUT2D eigenvalue weighted by molar-refractivity contribution is 0.999. The Morgan fingerprint density at radius 3 is 2.07 bits per heavy atom. The molecule has 1 aliphatic carbocycles. The van der Waals surface area contributed by atoms with Crippen molar-refractivity contribution in [3.05, 3.63) is 55.0 Å². The van der Waals surface area contributed by atoms with E-state index in [1.807, 2.05) is 0 Å². The van der Waals surface area contributed by atoms with E-state index in [1.54, 1.807) is 0 Å². The summed E-state index contributed by atoms with van der Waals surface area (Å²) >= 11 is 0. The molecule has 0 aromatic heterocycles. The predicted molar refractivity (Wildman–Crippen MR) is 63.9 cm³/mol. The van der Waals surface area contributed by atoms with Gasteiger partial charge in [-0.25, -0.2) is 0 Å². The molecule has 0 atom stereocenters. The highest BCUT2D eigenvalue weighted by Gasteiger charge is 1.81. The van der Waals surface area contributed by atoms with Crippen molar-refractivity contribution in [1.82, 2.24) is 0 Å². The van der Waals surface area contributed by atoms with Crippen LogP contribution in [0.3, 0.4) is 0 Å². The lowest BCUT2D eigenvalue weighted by Crippen LogP contribution is -1.71. The van der Waals surface area contributed by atoms with E-state index >= 15 is 0 Å². The first kappa shape index (κ1) is 11.0. The molecule has 0 heterocycles. The maximum absolute atomic E-state index is 2.25. The molecule has 0 aromatic carbocycles. The van der Waals surface area contributed by atoms with Gasteiger partial charge in [0.05, 0.1) is 0 Å². The predicted octanol–water partition coefficient (Wildman–Crippen LogP) is 4.38. The minimum absolute atomic E-state index is 1.07. The molecule has 14 heavy (non-hydrogen) atoms. The molecule has 1 aliphatic rings. The molecule has 0 fully saturated rings. The monoisotopic (exact) mass is 187 g/mol. The van der Waals surface area contributed by atoms with Crippen LogP contribution in [0.4, 0.5) is 0 Å². The van der Waals surface area contributed by atoms with Crippen molar-refractivity contribution in [2.45, 2.75) is 32.1 Å². The molecule has 0 aliphatic heterocycles. The van der Waals surface area contributed by atoms with Crippen LogP contribution < -0.4 is 0 Å². The maximum atomic E-state index is 2.25. The first-order valence-electron chi connectivity index (χ1n) is 5.45. The summed E-state index contributed by atoms with van der Waals surface area (Å²) in [6, 6.07) is 0. The highest BCUT2D eigenvalue weighted by molar-refractivity contribution is 5.05. The van der Waals surface area contributed by atoms with Crippen LogP contribution in [0.5, 0.6) is 0 Å². The van der Waals surface area contributed by atoms with Crippen molar-refractivity contribution in [3.63, 3.8) is 0 Å². The van der Waals surface area contributed by atoms with E-state index in [0.29, 0.717) is 0 Å². The van der Waals surface area contributed by atoms with Gasteiger partial charge >= 0.3 is 0 Å². The minimum Gasteiger partial charge on any atom is -0.0879 e. The zero-order chi connectivity index (χ0) is 9.90. The highest BCUT2D eigenvalue weighted by Crippen LogP contribution is 2.01. The van der Waals surface area contributed by atoms with Gasteiger partial charge in [-0.2, -0.15) is 0 Å². The van der Waals surface area contributed by atoms with Crippen LogP contribution in [-0.2, 0) is 0 Å². The lowest BCUT2D eigenvalue weighted by Gasteiger charge is -1.91. The molecule has 0 amide bonds. The van der Waals surface area contributed by atoms with Gasteiger partial charge in [-0.3, -0.25) is 0 Å². The minimum atomic E-state index is 1.07. The molecule has 0 heteroatoms. The van der Waals surface area contributed by atoms with Gasteiger partial charge in [0.15, 0.2) is 0 Å². The molecular formula is C14H19. The Labute approximate surface area is 87.7 Å². The van der Waals surface area contributed by atoms with Crippen LogP contribution in [0.1, 0.15) is 32.1 Å². The SMILES string of the molecule is [CH]1/C=C/C/C=C/CC/C=C/C=C/CC1. The summed E-state index contributed by atoms with van der Waals surface area (Å²) in [5.41, 5.74) is 0. The first-order valence-corrected chi connectivity index (χ1v) is 5.45. The third-order valence-electron chi connectivity index (χ3n) is 2.09. The largest absolute Gasteiger partial charge is 0.0879 e. The summed E-state index contributed by atoms with van der Waals surface area (Å²) in [6.07, 6.45) is 25.5. The van der Waals surface area contributed by atoms with E-state index in [0.717, 1.165) is 32.1 Å². The first-order chi connectivity index (χ1) is 7.00. The summed E-state index contributed by atoms with van der Waals surface area (Å²) in [5.74, 6) is 0. The average molecular weight is 187 g/mol. The Hall–Kier alpha value is -1.04. The zero-order valence-corrected chi connectivity index (χ0v) is 8.73. The van der Waals surface area contributed by atoms with Gasteiger partial charge in [-0.05, 0) is 38.5 Å². The number of allylic oxidation sites excluding steroid dienone is 8. The van der Waals surface area contributed by atoms with Gasteiger partial charge in [0.1, 0.15) is 0 Å². The summed E-state index contributed by atoms with van der Waals surface area (Å²) < 4.78 is 0. The van der Waals surface area contributed by atoms with Crippen LogP contribution in [0.25, 0.3) is 0 Å². The molecule has 0 aromatic rings. The fraction of sp³-hybridized carbons (Fsp3) is 0.357. The van der Waals surface area contributed by atoms with E-state index in [-0.39, 0.29) is 0 Å². The third-order valence-corrected chi connectivity index (χ3v) is 2.09. The van der Waals surface area contributed by atoms with Gasteiger partial charge in [0, 0.05) is 0 Å². The van der Waals surface area contributed by atoms with Gasteiger partial charge in [-0.15, -0.1) is 0 Å². The number of hydrogen-bond acceptors (Lipinski definition) is 0. The smallest absolute Gasteiger partial charge is 0.0167 e. The molecule has 0 N–H and O–H groups in total. The molecule has 1 rings (SSSR count). The Bertz CT molecular complexity index is 228. The van der Waals surface area contributed by atoms with Crippen molar-refractivity contribution in [2.75, 3.05) is 0 Å². The Balaban J connectivity index is 2.34. The van der Waals surface area contributed by atoms with E-state index < -0.39 is 0 Å². The third kappa shape index (κ3) is 6.47. The molecule has 0 saturated heterocycles. The Kier molecular flexibility index (Phi) is 6.74. The van der Waals surface area contributed by atoms with Crippen LogP contribution >= 0.6 is 0 Å². The Morgan fingerprint density at radius 2 is 1.21 bits per heavy atom. The normalized spacial score (nSPS) is 28.6. The summed E-state index contributed by atoms with van der Waals surface area (Å²) in [4.78, 5) is 0. The van der Waals surface area contributed by atoms with Crippen LogP contribution in [0, 0.1) is 6.42 Å². The second-order valence-corrected chi connectivity index (χ2v) is 3.38. The fourth-order valence-corrected chi connectivity index (χ4v) is 1.30. The van der Waals surface area contributed by atoms with Gasteiger partial charge in [-0.1, -0.05) is 48.6 Å². The quantitative estimate of drug-likeness (QED) is 0.494. The number of hydrogen-bond donors (Lipinski definition) is 0. The Morgan fingerprint density at radius 1 is 0.500 bits per heavy atom. The summed E-state index contributed by atoms with van der Waals surface area (Å²) in [6.45, 7) is 0. The van der Waals surface area contributed by atoms with Crippen molar-refractivity contribution in [3.8, 4) is 0 Å². The van der Waals surface area contributed by atoms with Crippen molar-refractivity contribution < 1.29 is 0 Å². The van der Waals surface area contributed by atoms with Crippen molar-refractivity contribution in [1.29, 1.82) is 0 Å². The molecule has 0 unspecified atom stereocenters. The van der Waals surface area contributed by atoms with Crippen molar-refractivity contribution >= 4 is 0 Å². The molecule has 0 spiro atoms. The van der Waals surface area contributed by atoms with Crippen LogP contribution in [0.2, 0.25) is 0 Å². The second kappa shape index (κ2) is 8.55. The molecule has 0 saturated carbocycles. The highest BCUT2D eigenvalue weighted by atomic mass is 13.9. The zero-order valence-electron chi connectivity index (χ0n) is 8.73. The topological polar surface area (TPSA) is 0 Å². The molecular weight excluding hydrogens is 168 g/mol. The molecule has 1 radical (unpaired) electrons. The van der Waals surface area contributed by atoms with Gasteiger partial charge in [0.2, 0.25) is 0 Å². The van der Waals surface area contributed by atoms with Gasteiger partial charge in [0.25, 0.3) is 0 Å². The van der Waals surface area contributed by atoms with Gasteiger partial charge < -0.3 is 0 Å². The fourth-order valence-electron chi connectivity index (χ4n) is 1.30. The van der Waals surface area contributed by atoms with Crippen molar-refractivity contribution in [2.24, 2.45) is 0 Å². The van der Waals surface area contributed by atoms with E-state index in [4.69, 9.17) is 0 Å². The summed E-state index contributed by atoms with van der Waals surface area (Å²) in [5, 5.41) is 0. The van der Waals surface area contributed by atoms with E-state index in [1.165, 1.54) is 0 Å². The summed E-state index contributed by atoms with van der Waals surface area (Å²) in [7, 11) is 0. The molecule has 75 valence electrons. The number of rotatable bonds is 0. The molecule has 0 nitrogen and oxygen atoms in total. The average Bonchev–Trinajstić information content (AvgIpc) is 2.22. The maximum Gasteiger partial charge on any atom is -0.0167 e. The second-order valence-electron chi connectivity index (χ2n) is 3.38. The lowest BCUT2D eigenvalue weighted by atomic mass is 10.2.